The van der Waals surface area contributed by atoms with E-state index in [1.165, 1.54) is 0 Å². The maximum atomic E-state index is 12.8. The fourth-order valence-corrected chi connectivity index (χ4v) is 5.60. The summed E-state index contributed by atoms with van der Waals surface area (Å²) in [5, 5.41) is 12.3. The van der Waals surface area contributed by atoms with E-state index in [0.29, 0.717) is 42.4 Å². The summed E-state index contributed by atoms with van der Waals surface area (Å²) in [6.07, 6.45) is 4.84. The van der Waals surface area contributed by atoms with Crippen molar-refractivity contribution in [3.63, 3.8) is 0 Å². The SMILES string of the molecule is C=N/C(=C\C(=C)c1csc(-c2ccc(C(=O)N3CCC(O)CC3)cc2Cl)c1)C1CCOCC1. The Balaban J connectivity index is 1.48. The van der Waals surface area contributed by atoms with Crippen LogP contribution in [0, 0.1) is 5.92 Å². The third-order valence-electron chi connectivity index (χ3n) is 6.35. The van der Waals surface area contributed by atoms with Gasteiger partial charge in [0.1, 0.15) is 0 Å². The number of aliphatic imine (C=N–C) groups is 1. The second-order valence-corrected chi connectivity index (χ2v) is 9.88. The number of amides is 1. The monoisotopic (exact) mass is 484 g/mol. The second-order valence-electron chi connectivity index (χ2n) is 8.56. The third-order valence-corrected chi connectivity index (χ3v) is 7.62. The Bertz CT molecular complexity index is 1060. The van der Waals surface area contributed by atoms with E-state index in [1.807, 2.05) is 18.2 Å². The molecule has 0 unspecified atom stereocenters. The van der Waals surface area contributed by atoms with Crippen LogP contribution in [0.5, 0.6) is 0 Å². The molecule has 5 nitrogen and oxygen atoms in total. The van der Waals surface area contributed by atoms with Crippen LogP contribution in [0.25, 0.3) is 16.0 Å². The fraction of sp³-hybridized carbons (Fsp3) is 0.385. The van der Waals surface area contributed by atoms with Gasteiger partial charge in [0, 0.05) is 53.9 Å². The summed E-state index contributed by atoms with van der Waals surface area (Å²) >= 11 is 8.19. The highest BCUT2D eigenvalue weighted by Gasteiger charge is 2.23. The molecule has 0 saturated carbocycles. The van der Waals surface area contributed by atoms with E-state index in [2.05, 4.69) is 29.7 Å². The number of thiophene rings is 1. The largest absolute Gasteiger partial charge is 0.393 e. The fourth-order valence-electron chi connectivity index (χ4n) is 4.29. The van der Waals surface area contributed by atoms with Crippen LogP contribution in [0.3, 0.4) is 0 Å². The number of carbonyl (C=O) groups excluding carboxylic acids is 1. The summed E-state index contributed by atoms with van der Waals surface area (Å²) in [7, 11) is 0. The quantitative estimate of drug-likeness (QED) is 0.423. The van der Waals surface area contributed by atoms with Gasteiger partial charge in [-0.3, -0.25) is 9.79 Å². The standard InChI is InChI=1S/C26H29ClN2O3S/c1-17(13-24(28-2)18-7-11-32-12-8-18)20-15-25(33-16-20)22-4-3-19(14-23(22)27)26(31)29-9-5-21(30)6-10-29/h3-4,13-16,18,21,30H,1-2,5-12H2/b24-13-. The molecule has 33 heavy (non-hydrogen) atoms. The molecule has 174 valence electrons. The molecule has 0 aliphatic carbocycles. The molecule has 2 saturated heterocycles. The number of ether oxygens (including phenoxy) is 1. The highest BCUT2D eigenvalue weighted by atomic mass is 35.5. The first-order chi connectivity index (χ1) is 16.0. The highest BCUT2D eigenvalue weighted by molar-refractivity contribution is 7.13. The zero-order valence-corrected chi connectivity index (χ0v) is 20.2. The van der Waals surface area contributed by atoms with Crippen LogP contribution in [0.4, 0.5) is 0 Å². The van der Waals surface area contributed by atoms with Crippen LogP contribution >= 0.6 is 22.9 Å². The molecule has 0 spiro atoms. The maximum Gasteiger partial charge on any atom is 0.253 e. The minimum atomic E-state index is -0.312. The van der Waals surface area contributed by atoms with Crippen molar-refractivity contribution in [2.45, 2.75) is 31.8 Å². The molecular weight excluding hydrogens is 456 g/mol. The zero-order chi connectivity index (χ0) is 23.4. The van der Waals surface area contributed by atoms with Gasteiger partial charge in [-0.25, -0.2) is 0 Å². The van der Waals surface area contributed by atoms with Gasteiger partial charge in [0.2, 0.25) is 0 Å². The molecule has 0 atom stereocenters. The molecule has 2 aromatic rings. The summed E-state index contributed by atoms with van der Waals surface area (Å²) in [5.41, 5.74) is 4.33. The first kappa shape index (κ1) is 23.9. The predicted molar refractivity (Wildman–Crippen MR) is 136 cm³/mol. The Kier molecular flexibility index (Phi) is 7.81. The average molecular weight is 485 g/mol. The molecular formula is C26H29ClN2O3S. The molecule has 0 bridgehead atoms. The molecule has 4 rings (SSSR count). The normalized spacial score (nSPS) is 18.4. The molecule has 2 aliphatic rings. The van der Waals surface area contributed by atoms with Crippen LogP contribution in [0.2, 0.25) is 5.02 Å². The Morgan fingerprint density at radius 1 is 1.18 bits per heavy atom. The number of hydrogen-bond acceptors (Lipinski definition) is 5. The zero-order valence-electron chi connectivity index (χ0n) is 18.6. The van der Waals surface area contributed by atoms with E-state index in [4.69, 9.17) is 16.3 Å². The molecule has 1 aromatic heterocycles. The van der Waals surface area contributed by atoms with Gasteiger partial charge in [0.15, 0.2) is 0 Å². The lowest BCUT2D eigenvalue weighted by molar-refractivity contribution is 0.0546. The lowest BCUT2D eigenvalue weighted by Crippen LogP contribution is -2.40. The van der Waals surface area contributed by atoms with E-state index in [0.717, 1.165) is 53.3 Å². The summed E-state index contributed by atoms with van der Waals surface area (Å²) in [4.78, 5) is 19.9. The second kappa shape index (κ2) is 10.8. The molecule has 0 radical (unpaired) electrons. The number of benzene rings is 1. The van der Waals surface area contributed by atoms with Crippen molar-refractivity contribution < 1.29 is 14.6 Å². The highest BCUT2D eigenvalue weighted by Crippen LogP contribution is 2.36. The average Bonchev–Trinajstić information content (AvgIpc) is 3.33. The van der Waals surface area contributed by atoms with E-state index < -0.39 is 0 Å². The smallest absolute Gasteiger partial charge is 0.253 e. The number of rotatable bonds is 6. The van der Waals surface area contributed by atoms with E-state index in [1.54, 1.807) is 22.3 Å². The van der Waals surface area contributed by atoms with Gasteiger partial charge in [-0.2, -0.15) is 0 Å². The molecule has 1 amide bonds. The van der Waals surface area contributed by atoms with E-state index in [-0.39, 0.29) is 12.0 Å². The number of aliphatic hydroxyl groups excluding tert-OH is 1. The molecule has 1 N–H and O–H groups in total. The number of hydrogen-bond donors (Lipinski definition) is 1. The number of aliphatic hydroxyl groups is 1. The third kappa shape index (κ3) is 5.64. The van der Waals surface area contributed by atoms with Gasteiger partial charge in [-0.15, -0.1) is 11.3 Å². The number of piperidine rings is 1. The molecule has 1 aromatic carbocycles. The van der Waals surface area contributed by atoms with Crippen molar-refractivity contribution in [2.75, 3.05) is 26.3 Å². The van der Waals surface area contributed by atoms with Gasteiger partial charge in [0.05, 0.1) is 11.1 Å². The van der Waals surface area contributed by atoms with Crippen LogP contribution in [0.1, 0.15) is 41.6 Å². The molecule has 7 heteroatoms. The van der Waals surface area contributed by atoms with Crippen LogP contribution < -0.4 is 0 Å². The van der Waals surface area contributed by atoms with E-state index in [9.17, 15) is 9.90 Å². The Hall–Kier alpha value is -2.25. The number of allylic oxidation sites excluding steroid dienone is 3. The molecule has 2 fully saturated rings. The maximum absolute atomic E-state index is 12.8. The Morgan fingerprint density at radius 3 is 2.58 bits per heavy atom. The summed E-state index contributed by atoms with van der Waals surface area (Å²) in [6, 6.07) is 7.54. The first-order valence-corrected chi connectivity index (χ1v) is 12.5. The minimum absolute atomic E-state index is 0.0432. The number of likely N-dealkylation sites (tertiary alicyclic amines) is 1. The van der Waals surface area contributed by atoms with Crippen molar-refractivity contribution in [3.8, 4) is 10.4 Å². The lowest BCUT2D eigenvalue weighted by atomic mass is 9.94. The number of nitrogens with zero attached hydrogens (tertiary/aromatic N) is 2. The van der Waals surface area contributed by atoms with Gasteiger partial charge in [0.25, 0.3) is 5.91 Å². The molecule has 2 aliphatic heterocycles. The summed E-state index contributed by atoms with van der Waals surface area (Å²) in [5.74, 6) is 0.312. The Labute approximate surface area is 204 Å². The molecule has 3 heterocycles. The number of halogens is 1. The first-order valence-electron chi connectivity index (χ1n) is 11.3. The Morgan fingerprint density at radius 2 is 1.91 bits per heavy atom. The van der Waals surface area contributed by atoms with Crippen molar-refractivity contribution in [2.24, 2.45) is 10.9 Å². The minimum Gasteiger partial charge on any atom is -0.393 e. The summed E-state index contributed by atoms with van der Waals surface area (Å²) in [6.45, 7) is 10.6. The number of carbonyl (C=O) groups is 1. The van der Waals surface area contributed by atoms with Crippen molar-refractivity contribution in [3.05, 3.63) is 64.1 Å². The van der Waals surface area contributed by atoms with Gasteiger partial charge in [-0.05, 0) is 73.2 Å². The lowest BCUT2D eigenvalue weighted by Gasteiger charge is -2.29. The van der Waals surface area contributed by atoms with Crippen LogP contribution in [-0.2, 0) is 4.74 Å². The van der Waals surface area contributed by atoms with Crippen LogP contribution in [0.15, 0.2) is 53.0 Å². The summed E-state index contributed by atoms with van der Waals surface area (Å²) < 4.78 is 5.45. The topological polar surface area (TPSA) is 62.1 Å². The van der Waals surface area contributed by atoms with E-state index >= 15 is 0 Å². The van der Waals surface area contributed by atoms with Crippen molar-refractivity contribution >= 4 is 41.1 Å². The van der Waals surface area contributed by atoms with Gasteiger partial charge in [-0.1, -0.05) is 24.2 Å². The van der Waals surface area contributed by atoms with Crippen LogP contribution in [-0.4, -0.2) is 55.0 Å². The van der Waals surface area contributed by atoms with Gasteiger partial charge >= 0.3 is 0 Å². The predicted octanol–water partition coefficient (Wildman–Crippen LogP) is 5.69. The van der Waals surface area contributed by atoms with Crippen molar-refractivity contribution in [1.29, 1.82) is 0 Å². The van der Waals surface area contributed by atoms with Crippen molar-refractivity contribution in [1.82, 2.24) is 4.90 Å². The van der Waals surface area contributed by atoms with Gasteiger partial charge < -0.3 is 14.7 Å².